The van der Waals surface area contributed by atoms with E-state index in [1.807, 2.05) is 0 Å². The van der Waals surface area contributed by atoms with E-state index in [2.05, 4.69) is 9.80 Å². The highest BCUT2D eigenvalue weighted by Crippen LogP contribution is 2.35. The second kappa shape index (κ2) is 6.44. The van der Waals surface area contributed by atoms with Crippen LogP contribution < -0.4 is 0 Å². The van der Waals surface area contributed by atoms with E-state index in [1.54, 1.807) is 0 Å². The Balaban J connectivity index is 1.36. The Labute approximate surface area is 138 Å². The van der Waals surface area contributed by atoms with Crippen molar-refractivity contribution in [1.29, 1.82) is 0 Å². The van der Waals surface area contributed by atoms with Gasteiger partial charge in [-0.15, -0.1) is 0 Å². The molecule has 4 rings (SSSR count). The van der Waals surface area contributed by atoms with Crippen LogP contribution in [0.2, 0.25) is 0 Å². The molecule has 2 aliphatic carbocycles. The number of ether oxygens (including phenoxy) is 1. The third-order valence-electron chi connectivity index (χ3n) is 6.32. The number of carbonyl (C=O) groups is 1. The number of carbonyl (C=O) groups excluding carboxylic acids is 1. The second-order valence-electron chi connectivity index (χ2n) is 7.62. The van der Waals surface area contributed by atoms with Crippen LogP contribution in [0.1, 0.15) is 51.4 Å². The van der Waals surface area contributed by atoms with Crippen LogP contribution in [0.25, 0.3) is 0 Å². The fourth-order valence-corrected chi connectivity index (χ4v) is 4.94. The number of rotatable bonds is 2. The Hall–Kier alpha value is -1.07. The number of fused-ring (bicyclic) bond motifs is 1. The highest BCUT2D eigenvalue weighted by molar-refractivity contribution is 5.79. The van der Waals surface area contributed by atoms with Gasteiger partial charge in [0.25, 0.3) is 0 Å². The molecule has 0 aromatic heterocycles. The van der Waals surface area contributed by atoms with E-state index < -0.39 is 0 Å². The molecule has 2 saturated carbocycles. The van der Waals surface area contributed by atoms with E-state index in [-0.39, 0.29) is 18.6 Å². The van der Waals surface area contributed by atoms with E-state index >= 15 is 0 Å². The van der Waals surface area contributed by atoms with Crippen molar-refractivity contribution in [2.75, 3.05) is 19.7 Å². The van der Waals surface area contributed by atoms with Crippen molar-refractivity contribution in [3.63, 3.8) is 0 Å². The predicted molar refractivity (Wildman–Crippen MR) is 87.2 cm³/mol. The lowest BCUT2D eigenvalue weighted by atomic mass is 9.84. The van der Waals surface area contributed by atoms with Crippen LogP contribution in [0.15, 0.2) is 11.8 Å². The Morgan fingerprint density at radius 2 is 1.78 bits per heavy atom. The summed E-state index contributed by atoms with van der Waals surface area (Å²) in [6, 6.07) is 1.34. The lowest BCUT2D eigenvalue weighted by Crippen LogP contribution is -2.61. The van der Waals surface area contributed by atoms with Gasteiger partial charge in [-0.1, -0.05) is 12.8 Å². The zero-order valence-corrected chi connectivity index (χ0v) is 13.8. The largest absolute Gasteiger partial charge is 0.516 e. The standard InChI is InChI=1S/C18H28N2O3/c21-11-13-9-15(10-13)19-7-5-14(6-8-19)20-16-3-1-2-4-17(16)23-12-18(20)22/h11,14-17,21H,1-10,12H2/t15?,16-,17-/m0/s1. The van der Waals surface area contributed by atoms with Crippen molar-refractivity contribution in [3.05, 3.63) is 11.8 Å². The first-order valence-corrected chi connectivity index (χ1v) is 9.25. The maximum absolute atomic E-state index is 12.5. The lowest BCUT2D eigenvalue weighted by molar-refractivity contribution is -0.167. The first-order valence-electron chi connectivity index (χ1n) is 9.25. The van der Waals surface area contributed by atoms with Crippen LogP contribution in [-0.2, 0) is 9.53 Å². The van der Waals surface area contributed by atoms with Gasteiger partial charge in [0.1, 0.15) is 6.61 Å². The minimum atomic E-state index is 0.209. The van der Waals surface area contributed by atoms with Gasteiger partial charge >= 0.3 is 0 Å². The van der Waals surface area contributed by atoms with Gasteiger partial charge in [-0.2, -0.15) is 0 Å². The summed E-state index contributed by atoms with van der Waals surface area (Å²) in [5.74, 6) is 0.209. The number of aliphatic hydroxyl groups excluding tert-OH is 1. The Kier molecular flexibility index (Phi) is 4.33. The molecule has 5 heteroatoms. The number of amides is 1. The fraction of sp³-hybridized carbons (Fsp3) is 0.833. The van der Waals surface area contributed by atoms with Gasteiger partial charge in [-0.3, -0.25) is 9.69 Å². The molecule has 1 N–H and O–H groups in total. The summed E-state index contributed by atoms with van der Waals surface area (Å²) in [4.78, 5) is 17.2. The number of nitrogens with zero attached hydrogens (tertiary/aromatic N) is 2. The molecule has 0 spiro atoms. The van der Waals surface area contributed by atoms with Gasteiger partial charge in [0.15, 0.2) is 0 Å². The van der Waals surface area contributed by atoms with Gasteiger partial charge in [0, 0.05) is 25.2 Å². The summed E-state index contributed by atoms with van der Waals surface area (Å²) in [5, 5.41) is 9.02. The fourth-order valence-electron chi connectivity index (χ4n) is 4.94. The van der Waals surface area contributed by atoms with Crippen LogP contribution in [-0.4, -0.2) is 64.7 Å². The van der Waals surface area contributed by atoms with Crippen LogP contribution >= 0.6 is 0 Å². The molecular formula is C18H28N2O3. The molecule has 0 aromatic rings. The zero-order chi connectivity index (χ0) is 15.8. The quantitative estimate of drug-likeness (QED) is 0.793. The van der Waals surface area contributed by atoms with Gasteiger partial charge in [0.2, 0.25) is 5.91 Å². The molecule has 2 aliphatic heterocycles. The monoisotopic (exact) mass is 320 g/mol. The van der Waals surface area contributed by atoms with Crippen molar-refractivity contribution in [2.24, 2.45) is 0 Å². The SMILES string of the molecule is O=C1CO[C@H]2CCCC[C@@H]2N1C1CCN(C2CC(=CO)C2)CC1. The van der Waals surface area contributed by atoms with Crippen molar-refractivity contribution in [2.45, 2.75) is 75.6 Å². The third-order valence-corrected chi connectivity index (χ3v) is 6.32. The molecule has 4 aliphatic rings. The number of likely N-dealkylation sites (tertiary alicyclic amines) is 1. The van der Waals surface area contributed by atoms with Gasteiger partial charge in [-0.05, 0) is 44.1 Å². The Morgan fingerprint density at radius 1 is 1.04 bits per heavy atom. The van der Waals surface area contributed by atoms with E-state index in [0.717, 1.165) is 51.6 Å². The minimum Gasteiger partial charge on any atom is -0.516 e. The molecule has 1 amide bonds. The van der Waals surface area contributed by atoms with E-state index in [4.69, 9.17) is 9.84 Å². The molecule has 23 heavy (non-hydrogen) atoms. The zero-order valence-electron chi connectivity index (χ0n) is 13.8. The Morgan fingerprint density at radius 3 is 2.52 bits per heavy atom. The average Bonchev–Trinajstić information content (AvgIpc) is 2.55. The summed E-state index contributed by atoms with van der Waals surface area (Å²) >= 11 is 0. The number of morpholine rings is 1. The molecule has 4 fully saturated rings. The smallest absolute Gasteiger partial charge is 0.249 e. The van der Waals surface area contributed by atoms with Crippen molar-refractivity contribution in [1.82, 2.24) is 9.80 Å². The number of aliphatic hydroxyl groups is 1. The molecule has 2 atom stereocenters. The summed E-state index contributed by atoms with van der Waals surface area (Å²) in [6.45, 7) is 2.45. The maximum Gasteiger partial charge on any atom is 0.249 e. The van der Waals surface area contributed by atoms with E-state index in [1.165, 1.54) is 24.7 Å². The van der Waals surface area contributed by atoms with E-state index in [0.29, 0.717) is 18.1 Å². The molecule has 0 unspecified atom stereocenters. The van der Waals surface area contributed by atoms with Crippen LogP contribution in [0.3, 0.4) is 0 Å². The minimum absolute atomic E-state index is 0.209. The van der Waals surface area contributed by atoms with Crippen LogP contribution in [0, 0.1) is 0 Å². The lowest BCUT2D eigenvalue weighted by Gasteiger charge is -2.50. The van der Waals surface area contributed by atoms with Crippen molar-refractivity contribution >= 4 is 5.91 Å². The molecule has 0 aromatic carbocycles. The van der Waals surface area contributed by atoms with Crippen molar-refractivity contribution in [3.8, 4) is 0 Å². The molecule has 2 saturated heterocycles. The number of piperidine rings is 1. The molecular weight excluding hydrogens is 292 g/mol. The van der Waals surface area contributed by atoms with Gasteiger partial charge in [-0.25, -0.2) is 0 Å². The highest BCUT2D eigenvalue weighted by atomic mass is 16.5. The summed E-state index contributed by atoms with van der Waals surface area (Å²) in [5.41, 5.74) is 1.17. The van der Waals surface area contributed by atoms with Crippen LogP contribution in [0.4, 0.5) is 0 Å². The second-order valence-corrected chi connectivity index (χ2v) is 7.62. The third kappa shape index (κ3) is 2.89. The summed E-state index contributed by atoms with van der Waals surface area (Å²) in [7, 11) is 0. The predicted octanol–water partition coefficient (Wildman–Crippen LogP) is 2.23. The average molecular weight is 320 g/mol. The molecule has 128 valence electrons. The first-order chi connectivity index (χ1) is 11.3. The summed E-state index contributed by atoms with van der Waals surface area (Å²) < 4.78 is 5.79. The molecule has 0 radical (unpaired) electrons. The van der Waals surface area contributed by atoms with Gasteiger partial charge in [0.05, 0.1) is 18.4 Å². The van der Waals surface area contributed by atoms with Gasteiger partial charge < -0.3 is 14.7 Å². The van der Waals surface area contributed by atoms with Crippen LogP contribution in [0.5, 0.6) is 0 Å². The van der Waals surface area contributed by atoms with E-state index in [9.17, 15) is 4.79 Å². The maximum atomic E-state index is 12.5. The summed E-state index contributed by atoms with van der Waals surface area (Å²) in [6.07, 6.45) is 10.5. The highest BCUT2D eigenvalue weighted by Gasteiger charge is 2.42. The molecule has 0 bridgehead atoms. The normalized spacial score (nSPS) is 36.5. The molecule has 5 nitrogen and oxygen atoms in total. The first kappa shape index (κ1) is 15.5. The van der Waals surface area contributed by atoms with Crippen molar-refractivity contribution < 1.29 is 14.6 Å². The molecule has 2 heterocycles. The number of hydrogen-bond donors (Lipinski definition) is 1. The number of hydrogen-bond acceptors (Lipinski definition) is 4. The topological polar surface area (TPSA) is 53.0 Å². The Bertz CT molecular complexity index is 477.